The van der Waals surface area contributed by atoms with E-state index in [-0.39, 0.29) is 22.5 Å². The summed E-state index contributed by atoms with van der Waals surface area (Å²) in [6, 6.07) is 10.7. The SMILES string of the molecule is CC(=O)NCCc1ccc(S(=O)(=O)NCCc2ccc(N)cc2)s1.Cl. The van der Waals surface area contributed by atoms with Crippen LogP contribution in [0.15, 0.2) is 40.6 Å². The third kappa shape index (κ3) is 7.03. The van der Waals surface area contributed by atoms with Crippen molar-refractivity contribution >= 4 is 45.4 Å². The number of nitrogens with two attached hydrogens (primary N) is 1. The molecule has 0 saturated carbocycles. The number of nitrogens with one attached hydrogen (secondary N) is 2. The molecule has 0 atom stereocenters. The summed E-state index contributed by atoms with van der Waals surface area (Å²) < 4.78 is 27.5. The van der Waals surface area contributed by atoms with Crippen molar-refractivity contribution in [2.75, 3.05) is 18.8 Å². The molecule has 1 aromatic carbocycles. The van der Waals surface area contributed by atoms with Gasteiger partial charge in [0.15, 0.2) is 0 Å². The summed E-state index contributed by atoms with van der Waals surface area (Å²) in [7, 11) is -3.50. The number of hydrogen-bond acceptors (Lipinski definition) is 5. The molecule has 2 rings (SSSR count). The maximum atomic E-state index is 12.3. The Morgan fingerprint density at radius 3 is 2.40 bits per heavy atom. The lowest BCUT2D eigenvalue weighted by Crippen LogP contribution is -2.25. The number of benzene rings is 1. The summed E-state index contributed by atoms with van der Waals surface area (Å²) in [6.45, 7) is 2.28. The first-order valence-corrected chi connectivity index (χ1v) is 9.84. The minimum atomic E-state index is -3.50. The van der Waals surface area contributed by atoms with Crippen LogP contribution in [0.3, 0.4) is 0 Å². The minimum Gasteiger partial charge on any atom is -0.399 e. The van der Waals surface area contributed by atoms with E-state index in [0.29, 0.717) is 31.6 Å². The number of hydrogen-bond donors (Lipinski definition) is 3. The van der Waals surface area contributed by atoms with Gasteiger partial charge in [-0.05, 0) is 42.7 Å². The number of anilines is 1. The standard InChI is InChI=1S/C16H21N3O3S2.ClH/c1-12(20)18-10-9-15-6-7-16(23-15)24(21,22)19-11-8-13-2-4-14(17)5-3-13;/h2-7,19H,8-11,17H2,1H3,(H,18,20);1H. The molecule has 0 saturated heterocycles. The molecule has 0 unspecified atom stereocenters. The average molecular weight is 404 g/mol. The van der Waals surface area contributed by atoms with E-state index in [4.69, 9.17) is 5.73 Å². The Hall–Kier alpha value is -1.61. The van der Waals surface area contributed by atoms with Gasteiger partial charge in [0.2, 0.25) is 15.9 Å². The number of nitrogen functional groups attached to an aromatic ring is 1. The molecule has 0 spiro atoms. The van der Waals surface area contributed by atoms with E-state index >= 15 is 0 Å². The largest absolute Gasteiger partial charge is 0.399 e. The van der Waals surface area contributed by atoms with Crippen LogP contribution in [0.5, 0.6) is 0 Å². The van der Waals surface area contributed by atoms with Gasteiger partial charge in [-0.2, -0.15) is 0 Å². The normalized spacial score (nSPS) is 10.9. The molecule has 138 valence electrons. The van der Waals surface area contributed by atoms with Crippen molar-refractivity contribution in [1.29, 1.82) is 0 Å². The second-order valence-electron chi connectivity index (χ2n) is 5.34. The van der Waals surface area contributed by atoms with Crippen LogP contribution in [-0.2, 0) is 27.7 Å². The summed E-state index contributed by atoms with van der Waals surface area (Å²) in [6.07, 6.45) is 1.21. The van der Waals surface area contributed by atoms with E-state index in [1.165, 1.54) is 18.3 Å². The molecule has 0 aliphatic carbocycles. The molecular weight excluding hydrogens is 382 g/mol. The van der Waals surface area contributed by atoms with Gasteiger partial charge in [0.05, 0.1) is 0 Å². The fraction of sp³-hybridized carbons (Fsp3) is 0.312. The number of thiophene rings is 1. The van der Waals surface area contributed by atoms with Crippen LogP contribution in [0.1, 0.15) is 17.4 Å². The Balaban J connectivity index is 0.00000312. The van der Waals surface area contributed by atoms with E-state index < -0.39 is 10.0 Å². The van der Waals surface area contributed by atoms with Gasteiger partial charge in [-0.25, -0.2) is 13.1 Å². The Morgan fingerprint density at radius 1 is 1.08 bits per heavy atom. The molecule has 6 nitrogen and oxygen atoms in total. The van der Waals surface area contributed by atoms with Crippen LogP contribution in [0.4, 0.5) is 5.69 Å². The van der Waals surface area contributed by atoms with Crippen molar-refractivity contribution in [1.82, 2.24) is 10.0 Å². The van der Waals surface area contributed by atoms with Gasteiger partial charge >= 0.3 is 0 Å². The highest BCUT2D eigenvalue weighted by Crippen LogP contribution is 2.21. The Kier molecular flexibility index (Phi) is 8.37. The molecule has 0 fully saturated rings. The fourth-order valence-corrected chi connectivity index (χ4v) is 4.52. The molecule has 25 heavy (non-hydrogen) atoms. The van der Waals surface area contributed by atoms with Crippen molar-refractivity contribution < 1.29 is 13.2 Å². The minimum absolute atomic E-state index is 0. The average Bonchev–Trinajstić information content (AvgIpc) is 2.98. The molecular formula is C16H22ClN3O3S2. The maximum absolute atomic E-state index is 12.3. The topological polar surface area (TPSA) is 101 Å². The number of carbonyl (C=O) groups excluding carboxylic acids is 1. The van der Waals surface area contributed by atoms with Gasteiger partial charge in [0, 0.05) is 30.6 Å². The quantitative estimate of drug-likeness (QED) is 0.586. The van der Waals surface area contributed by atoms with E-state index in [1.54, 1.807) is 24.3 Å². The molecule has 0 aliphatic heterocycles. The first kappa shape index (κ1) is 21.4. The van der Waals surface area contributed by atoms with Crippen molar-refractivity contribution in [3.63, 3.8) is 0 Å². The highest BCUT2D eigenvalue weighted by Gasteiger charge is 2.16. The van der Waals surface area contributed by atoms with Crippen molar-refractivity contribution in [2.45, 2.75) is 24.0 Å². The number of carbonyl (C=O) groups is 1. The summed E-state index contributed by atoms with van der Waals surface area (Å²) in [4.78, 5) is 11.8. The number of sulfonamides is 1. The first-order valence-electron chi connectivity index (χ1n) is 7.54. The highest BCUT2D eigenvalue weighted by atomic mass is 35.5. The molecule has 0 bridgehead atoms. The Bertz CT molecular complexity index is 789. The molecule has 1 heterocycles. The zero-order chi connectivity index (χ0) is 17.6. The van der Waals surface area contributed by atoms with Crippen LogP contribution in [0, 0.1) is 0 Å². The zero-order valence-corrected chi connectivity index (χ0v) is 16.3. The second-order valence-corrected chi connectivity index (χ2v) is 8.51. The van der Waals surface area contributed by atoms with Gasteiger partial charge in [-0.3, -0.25) is 4.79 Å². The van der Waals surface area contributed by atoms with Gasteiger partial charge in [-0.1, -0.05) is 12.1 Å². The molecule has 9 heteroatoms. The van der Waals surface area contributed by atoms with Crippen LogP contribution >= 0.6 is 23.7 Å². The number of halogens is 1. The molecule has 0 aliphatic rings. The van der Waals surface area contributed by atoms with E-state index in [0.717, 1.165) is 10.4 Å². The first-order chi connectivity index (χ1) is 11.4. The summed E-state index contributed by atoms with van der Waals surface area (Å²) in [5, 5.41) is 2.69. The predicted octanol–water partition coefficient (Wildman–Crippen LogP) is 1.95. The van der Waals surface area contributed by atoms with Crippen molar-refractivity contribution in [3.8, 4) is 0 Å². The fourth-order valence-electron chi connectivity index (χ4n) is 2.08. The molecule has 1 amide bonds. The Labute approximate surface area is 158 Å². The molecule has 0 radical (unpaired) electrons. The van der Waals surface area contributed by atoms with Gasteiger partial charge in [0.1, 0.15) is 4.21 Å². The van der Waals surface area contributed by atoms with Crippen LogP contribution in [0.2, 0.25) is 0 Å². The van der Waals surface area contributed by atoms with E-state index in [9.17, 15) is 13.2 Å². The lowest BCUT2D eigenvalue weighted by atomic mass is 10.1. The third-order valence-electron chi connectivity index (χ3n) is 3.33. The number of amides is 1. The van der Waals surface area contributed by atoms with Crippen LogP contribution in [-0.4, -0.2) is 27.4 Å². The molecule has 2 aromatic rings. The van der Waals surface area contributed by atoms with Gasteiger partial charge in [-0.15, -0.1) is 23.7 Å². The van der Waals surface area contributed by atoms with Gasteiger partial charge < -0.3 is 11.1 Å². The maximum Gasteiger partial charge on any atom is 0.250 e. The molecule has 4 N–H and O–H groups in total. The van der Waals surface area contributed by atoms with Crippen molar-refractivity contribution in [2.24, 2.45) is 0 Å². The van der Waals surface area contributed by atoms with Crippen LogP contribution < -0.4 is 15.8 Å². The smallest absolute Gasteiger partial charge is 0.250 e. The molecule has 1 aromatic heterocycles. The van der Waals surface area contributed by atoms with E-state index in [2.05, 4.69) is 10.0 Å². The van der Waals surface area contributed by atoms with Crippen LogP contribution in [0.25, 0.3) is 0 Å². The lowest BCUT2D eigenvalue weighted by molar-refractivity contribution is -0.118. The lowest BCUT2D eigenvalue weighted by Gasteiger charge is -2.05. The second kappa shape index (κ2) is 9.76. The van der Waals surface area contributed by atoms with E-state index in [1.807, 2.05) is 12.1 Å². The Morgan fingerprint density at radius 2 is 1.76 bits per heavy atom. The van der Waals surface area contributed by atoms with Gasteiger partial charge in [0.25, 0.3) is 0 Å². The third-order valence-corrected chi connectivity index (χ3v) is 6.43. The van der Waals surface area contributed by atoms with Crippen molar-refractivity contribution in [3.05, 3.63) is 46.8 Å². The zero-order valence-electron chi connectivity index (χ0n) is 13.8. The predicted molar refractivity (Wildman–Crippen MR) is 104 cm³/mol. The highest BCUT2D eigenvalue weighted by molar-refractivity contribution is 7.91. The summed E-state index contributed by atoms with van der Waals surface area (Å²) in [5.74, 6) is -0.0938. The summed E-state index contributed by atoms with van der Waals surface area (Å²) >= 11 is 1.22. The summed E-state index contributed by atoms with van der Waals surface area (Å²) in [5.41, 5.74) is 7.33. The monoisotopic (exact) mass is 403 g/mol. The number of rotatable bonds is 8.